The van der Waals surface area contributed by atoms with E-state index in [2.05, 4.69) is 20.6 Å². The first kappa shape index (κ1) is 22.6. The van der Waals surface area contributed by atoms with E-state index < -0.39 is 21.8 Å². The van der Waals surface area contributed by atoms with Crippen LogP contribution in [0.15, 0.2) is 59.5 Å². The average molecular weight is 459 g/mol. The minimum atomic E-state index is -3.70. The molecule has 0 radical (unpaired) electrons. The number of hydrogen-bond donors (Lipinski definition) is 3. The minimum absolute atomic E-state index is 0.102. The lowest BCUT2D eigenvalue weighted by Gasteiger charge is -2.08. The molecule has 10 heteroatoms. The second-order valence-electron chi connectivity index (χ2n) is 6.76. The van der Waals surface area contributed by atoms with Crippen molar-refractivity contribution in [1.29, 1.82) is 0 Å². The number of carbonyl (C=O) groups excluding carboxylic acids is 2. The summed E-state index contributed by atoms with van der Waals surface area (Å²) in [5, 5.41) is 0.708. The Balaban J connectivity index is 1.49. The van der Waals surface area contributed by atoms with Gasteiger partial charge in [0.15, 0.2) is 0 Å². The molecular formula is C21H22N4O4S2. The van der Waals surface area contributed by atoms with E-state index in [1.807, 2.05) is 37.3 Å². The molecule has 2 aromatic carbocycles. The maximum absolute atomic E-state index is 12.4. The van der Waals surface area contributed by atoms with Gasteiger partial charge in [0.05, 0.1) is 10.6 Å². The fourth-order valence-electron chi connectivity index (χ4n) is 2.66. The number of sulfonamides is 1. The molecule has 0 fully saturated rings. The second kappa shape index (κ2) is 9.82. The van der Waals surface area contributed by atoms with Crippen molar-refractivity contribution in [3.05, 3.63) is 70.7 Å². The Morgan fingerprint density at radius 3 is 2.32 bits per heavy atom. The van der Waals surface area contributed by atoms with Gasteiger partial charge in [-0.25, -0.2) is 18.1 Å². The Morgan fingerprint density at radius 2 is 1.65 bits per heavy atom. The number of hydrogen-bond acceptors (Lipinski definition) is 6. The fraction of sp³-hybridized carbons (Fsp3) is 0.190. The van der Waals surface area contributed by atoms with Gasteiger partial charge in [0.25, 0.3) is 5.91 Å². The predicted molar refractivity (Wildman–Crippen MR) is 119 cm³/mol. The Hall–Kier alpha value is -3.08. The molecule has 3 rings (SSSR count). The quantitative estimate of drug-likeness (QED) is 0.471. The average Bonchev–Trinajstić information content (AvgIpc) is 3.14. The Bertz CT molecular complexity index is 1170. The third kappa shape index (κ3) is 5.97. The molecule has 0 bridgehead atoms. The summed E-state index contributed by atoms with van der Waals surface area (Å²) in [7, 11) is -3.70. The zero-order chi connectivity index (χ0) is 22.4. The summed E-state index contributed by atoms with van der Waals surface area (Å²) in [5.74, 6) is -1.00. The van der Waals surface area contributed by atoms with Gasteiger partial charge in [0.2, 0.25) is 15.9 Å². The highest BCUT2D eigenvalue weighted by Gasteiger charge is 2.17. The van der Waals surface area contributed by atoms with E-state index in [1.165, 1.54) is 23.5 Å². The molecule has 0 saturated carbocycles. The normalized spacial score (nSPS) is 11.2. The Labute approximate surface area is 184 Å². The van der Waals surface area contributed by atoms with Crippen molar-refractivity contribution in [2.75, 3.05) is 6.54 Å². The number of hydrazine groups is 1. The van der Waals surface area contributed by atoms with Crippen molar-refractivity contribution in [3.8, 4) is 10.6 Å². The van der Waals surface area contributed by atoms with Gasteiger partial charge in [0.1, 0.15) is 9.88 Å². The van der Waals surface area contributed by atoms with Crippen molar-refractivity contribution in [2.24, 2.45) is 0 Å². The third-order valence-corrected chi connectivity index (χ3v) is 7.00. The summed E-state index contributed by atoms with van der Waals surface area (Å²) in [6.45, 7) is 3.48. The third-order valence-electron chi connectivity index (χ3n) is 4.31. The van der Waals surface area contributed by atoms with Gasteiger partial charge < -0.3 is 0 Å². The summed E-state index contributed by atoms with van der Waals surface area (Å²) >= 11 is 1.23. The van der Waals surface area contributed by atoms with Crippen molar-refractivity contribution < 1.29 is 18.0 Å². The van der Waals surface area contributed by atoms with E-state index in [-0.39, 0.29) is 17.9 Å². The minimum Gasteiger partial charge on any atom is -0.273 e. The number of nitrogens with one attached hydrogen (secondary N) is 3. The number of thiazole rings is 1. The maximum atomic E-state index is 12.4. The molecular weight excluding hydrogens is 436 g/mol. The number of aryl methyl sites for hydroxylation is 2. The maximum Gasteiger partial charge on any atom is 0.281 e. The van der Waals surface area contributed by atoms with Crippen LogP contribution in [0.4, 0.5) is 0 Å². The number of carbonyl (C=O) groups is 2. The fourth-order valence-corrected chi connectivity index (χ4v) is 4.66. The molecule has 0 saturated heterocycles. The molecule has 0 aliphatic rings. The van der Waals surface area contributed by atoms with E-state index >= 15 is 0 Å². The SMILES string of the molecule is Cc1ccc(S(=O)(=O)NCCC(=O)NNC(=O)c2sc(-c3ccccc3)nc2C)cc1. The van der Waals surface area contributed by atoms with Crippen LogP contribution in [0.25, 0.3) is 10.6 Å². The van der Waals surface area contributed by atoms with E-state index in [0.717, 1.165) is 11.1 Å². The number of nitrogens with zero attached hydrogens (tertiary/aromatic N) is 1. The van der Waals surface area contributed by atoms with Crippen LogP contribution in [0, 0.1) is 13.8 Å². The molecule has 0 aliphatic carbocycles. The van der Waals surface area contributed by atoms with Gasteiger partial charge in [-0.1, -0.05) is 48.0 Å². The summed E-state index contributed by atoms with van der Waals surface area (Å²) in [5.41, 5.74) is 7.05. The van der Waals surface area contributed by atoms with E-state index in [1.54, 1.807) is 19.1 Å². The van der Waals surface area contributed by atoms with Gasteiger partial charge in [0, 0.05) is 18.5 Å². The lowest BCUT2D eigenvalue weighted by Crippen LogP contribution is -2.42. The number of rotatable bonds is 7. The van der Waals surface area contributed by atoms with Gasteiger partial charge in [-0.05, 0) is 26.0 Å². The molecule has 1 aromatic heterocycles. The summed E-state index contributed by atoms with van der Waals surface area (Å²) < 4.78 is 26.8. The zero-order valence-electron chi connectivity index (χ0n) is 17.0. The Morgan fingerprint density at radius 1 is 0.968 bits per heavy atom. The zero-order valence-corrected chi connectivity index (χ0v) is 18.6. The van der Waals surface area contributed by atoms with Crippen LogP contribution < -0.4 is 15.6 Å². The van der Waals surface area contributed by atoms with Crippen LogP contribution in [0.2, 0.25) is 0 Å². The first-order chi connectivity index (χ1) is 14.8. The molecule has 0 atom stereocenters. The van der Waals surface area contributed by atoms with E-state index in [0.29, 0.717) is 15.6 Å². The standard InChI is InChI=1S/C21H22N4O4S2/c1-14-8-10-17(11-9-14)31(28,29)22-13-12-18(26)24-25-20(27)19-15(2)23-21(30-19)16-6-4-3-5-7-16/h3-11,22H,12-13H2,1-2H3,(H,24,26)(H,25,27). The van der Waals surface area contributed by atoms with Crippen molar-refractivity contribution in [1.82, 2.24) is 20.6 Å². The smallest absolute Gasteiger partial charge is 0.273 e. The van der Waals surface area contributed by atoms with Crippen LogP contribution in [-0.4, -0.2) is 31.8 Å². The first-order valence-electron chi connectivity index (χ1n) is 9.44. The van der Waals surface area contributed by atoms with E-state index in [4.69, 9.17) is 0 Å². The molecule has 2 amide bonds. The van der Waals surface area contributed by atoms with E-state index in [9.17, 15) is 18.0 Å². The van der Waals surface area contributed by atoms with Crippen LogP contribution in [-0.2, 0) is 14.8 Å². The molecule has 31 heavy (non-hydrogen) atoms. The molecule has 1 heterocycles. The monoisotopic (exact) mass is 458 g/mol. The van der Waals surface area contributed by atoms with Gasteiger partial charge in [-0.15, -0.1) is 11.3 Å². The predicted octanol–water partition coefficient (Wildman–Crippen LogP) is 2.56. The summed E-state index contributed by atoms with van der Waals surface area (Å²) in [6.07, 6.45) is -0.137. The second-order valence-corrected chi connectivity index (χ2v) is 9.53. The topological polar surface area (TPSA) is 117 Å². The van der Waals surface area contributed by atoms with Gasteiger partial charge in [-0.2, -0.15) is 0 Å². The van der Waals surface area contributed by atoms with Gasteiger partial charge >= 0.3 is 0 Å². The highest BCUT2D eigenvalue weighted by Crippen LogP contribution is 2.27. The van der Waals surface area contributed by atoms with Gasteiger partial charge in [-0.3, -0.25) is 20.4 Å². The number of benzene rings is 2. The summed E-state index contributed by atoms with van der Waals surface area (Å²) in [4.78, 5) is 29.3. The highest BCUT2D eigenvalue weighted by atomic mass is 32.2. The molecule has 0 aliphatic heterocycles. The lowest BCUT2D eigenvalue weighted by molar-refractivity contribution is -0.121. The molecule has 8 nitrogen and oxygen atoms in total. The van der Waals surface area contributed by atoms with Crippen molar-refractivity contribution >= 4 is 33.2 Å². The Kier molecular flexibility index (Phi) is 7.16. The molecule has 0 spiro atoms. The molecule has 3 aromatic rings. The number of aromatic nitrogens is 1. The van der Waals surface area contributed by atoms with Crippen LogP contribution in [0.5, 0.6) is 0 Å². The lowest BCUT2D eigenvalue weighted by atomic mass is 10.2. The van der Waals surface area contributed by atoms with Crippen LogP contribution in [0.3, 0.4) is 0 Å². The summed E-state index contributed by atoms with van der Waals surface area (Å²) in [6, 6.07) is 15.9. The van der Waals surface area contributed by atoms with Crippen LogP contribution >= 0.6 is 11.3 Å². The first-order valence-corrected chi connectivity index (χ1v) is 11.7. The molecule has 0 unspecified atom stereocenters. The molecule has 162 valence electrons. The number of amides is 2. The highest BCUT2D eigenvalue weighted by molar-refractivity contribution is 7.89. The van der Waals surface area contributed by atoms with Crippen molar-refractivity contribution in [2.45, 2.75) is 25.2 Å². The van der Waals surface area contributed by atoms with Crippen LogP contribution in [0.1, 0.15) is 27.3 Å². The molecule has 3 N–H and O–H groups in total. The van der Waals surface area contributed by atoms with Crippen molar-refractivity contribution in [3.63, 3.8) is 0 Å². The largest absolute Gasteiger partial charge is 0.281 e.